The van der Waals surface area contributed by atoms with Gasteiger partial charge in [-0.1, -0.05) is 74.5 Å². The van der Waals surface area contributed by atoms with E-state index in [2.05, 4.69) is 4.74 Å². The Morgan fingerprint density at radius 2 is 1.15 bits per heavy atom. The largest absolute Gasteiger partial charge is 0.449 e. The van der Waals surface area contributed by atoms with Crippen molar-refractivity contribution >= 4 is 23.7 Å². The number of primary amides is 1. The van der Waals surface area contributed by atoms with Crippen molar-refractivity contribution in [2.24, 2.45) is 5.73 Å². The Labute approximate surface area is 226 Å². The van der Waals surface area contributed by atoms with Crippen molar-refractivity contribution in [1.29, 1.82) is 0 Å². The van der Waals surface area contributed by atoms with Crippen molar-refractivity contribution in [3.63, 3.8) is 0 Å². The zero-order chi connectivity index (χ0) is 29.6. The molecular formula is C28H36F3N3O5. The number of carbonyl (C=O) groups excluding carboxylic acids is 4. The van der Waals surface area contributed by atoms with E-state index in [1.165, 1.54) is 9.80 Å². The number of alkyl halides is 3. The van der Waals surface area contributed by atoms with Gasteiger partial charge in [0, 0.05) is 25.2 Å². The minimum atomic E-state index is -4.66. The SMILES string of the molecule is CCC(C)N(Cc1ccccc1)C(=O)C(=O)OCC(F)(F)F.CCC(C)N(Cc1ccccc1)C(=O)C(N)=O. The van der Waals surface area contributed by atoms with E-state index in [1.54, 1.807) is 37.3 Å². The lowest BCUT2D eigenvalue weighted by atomic mass is 10.1. The van der Waals surface area contributed by atoms with E-state index in [1.807, 2.05) is 51.1 Å². The molecule has 0 aliphatic heterocycles. The smallest absolute Gasteiger partial charge is 0.422 e. The minimum Gasteiger partial charge on any atom is -0.449 e. The number of nitrogens with two attached hydrogens (primary N) is 1. The lowest BCUT2D eigenvalue weighted by Gasteiger charge is -2.27. The van der Waals surface area contributed by atoms with Gasteiger partial charge < -0.3 is 20.3 Å². The predicted molar refractivity (Wildman–Crippen MR) is 140 cm³/mol. The number of rotatable bonds is 9. The molecule has 3 amide bonds. The van der Waals surface area contributed by atoms with Crippen LogP contribution in [-0.2, 0) is 37.0 Å². The fourth-order valence-electron chi connectivity index (χ4n) is 3.32. The van der Waals surface area contributed by atoms with Gasteiger partial charge in [0.05, 0.1) is 0 Å². The average Bonchev–Trinajstić information content (AvgIpc) is 2.92. The summed E-state index contributed by atoms with van der Waals surface area (Å²) in [4.78, 5) is 49.0. The molecule has 2 aromatic carbocycles. The first-order chi connectivity index (χ1) is 18.3. The molecule has 11 heteroatoms. The van der Waals surface area contributed by atoms with Gasteiger partial charge in [0.1, 0.15) is 0 Å². The summed E-state index contributed by atoms with van der Waals surface area (Å²) in [5, 5.41) is 0. The Morgan fingerprint density at radius 3 is 1.49 bits per heavy atom. The predicted octanol–water partition coefficient (Wildman–Crippen LogP) is 4.22. The van der Waals surface area contributed by atoms with Crippen LogP contribution in [0.25, 0.3) is 0 Å². The summed E-state index contributed by atoms with van der Waals surface area (Å²) in [5.41, 5.74) is 6.82. The summed E-state index contributed by atoms with van der Waals surface area (Å²) in [6, 6.07) is 18.1. The van der Waals surface area contributed by atoms with Crippen molar-refractivity contribution in [2.75, 3.05) is 6.61 Å². The topological polar surface area (TPSA) is 110 Å². The van der Waals surface area contributed by atoms with Crippen LogP contribution in [0.15, 0.2) is 60.7 Å². The standard InChI is InChI=1S/C15H18F3NO3.C13H18N2O2/c1-3-11(2)19(9-12-7-5-4-6-8-12)13(20)14(21)22-10-15(16,17)18;1-3-10(2)15(13(17)12(14)16)9-11-7-5-4-6-8-11/h4-8,11H,3,9-10H2,1-2H3;4-8,10H,3,9H2,1-2H3,(H2,14,16). The van der Waals surface area contributed by atoms with Gasteiger partial charge in [-0.25, -0.2) is 4.79 Å². The zero-order valence-electron chi connectivity index (χ0n) is 22.6. The molecule has 8 nitrogen and oxygen atoms in total. The minimum absolute atomic E-state index is 0.00444. The molecular weight excluding hydrogens is 515 g/mol. The highest BCUT2D eigenvalue weighted by Crippen LogP contribution is 2.16. The fourth-order valence-corrected chi connectivity index (χ4v) is 3.32. The summed E-state index contributed by atoms with van der Waals surface area (Å²) in [6.45, 7) is 6.19. The highest BCUT2D eigenvalue weighted by molar-refractivity contribution is 6.34. The van der Waals surface area contributed by atoms with Crippen LogP contribution in [0.3, 0.4) is 0 Å². The quantitative estimate of drug-likeness (QED) is 0.371. The Bertz CT molecular complexity index is 1070. The third kappa shape index (κ3) is 12.0. The maximum Gasteiger partial charge on any atom is 0.422 e. The first-order valence-electron chi connectivity index (χ1n) is 12.5. The second-order valence-corrected chi connectivity index (χ2v) is 8.91. The Hall–Kier alpha value is -3.89. The second kappa shape index (κ2) is 16.2. The average molecular weight is 552 g/mol. The Morgan fingerprint density at radius 1 is 0.769 bits per heavy atom. The number of carbonyl (C=O) groups is 4. The molecule has 0 bridgehead atoms. The van der Waals surface area contributed by atoms with E-state index in [0.29, 0.717) is 13.0 Å². The molecule has 0 fully saturated rings. The third-order valence-corrected chi connectivity index (χ3v) is 5.91. The number of amides is 3. The molecule has 0 saturated carbocycles. The molecule has 2 unspecified atom stereocenters. The van der Waals surface area contributed by atoms with E-state index < -0.39 is 36.5 Å². The van der Waals surface area contributed by atoms with Crippen LogP contribution in [-0.4, -0.2) is 58.4 Å². The number of hydrogen-bond donors (Lipinski definition) is 1. The molecule has 0 saturated heterocycles. The Kier molecular flexibility index (Phi) is 13.7. The van der Waals surface area contributed by atoms with E-state index in [9.17, 15) is 32.3 Å². The van der Waals surface area contributed by atoms with Gasteiger partial charge in [0.25, 0.3) is 0 Å². The molecule has 0 radical (unpaired) electrons. The van der Waals surface area contributed by atoms with E-state index >= 15 is 0 Å². The van der Waals surface area contributed by atoms with Crippen LogP contribution in [0.4, 0.5) is 13.2 Å². The van der Waals surface area contributed by atoms with Crippen LogP contribution in [0.5, 0.6) is 0 Å². The van der Waals surface area contributed by atoms with Crippen LogP contribution in [0.2, 0.25) is 0 Å². The number of hydrogen-bond acceptors (Lipinski definition) is 5. The Balaban J connectivity index is 0.000000403. The lowest BCUT2D eigenvalue weighted by Crippen LogP contribution is -2.44. The lowest BCUT2D eigenvalue weighted by molar-refractivity contribution is -0.190. The number of halogens is 3. The molecule has 0 spiro atoms. The van der Waals surface area contributed by atoms with Gasteiger partial charge in [-0.3, -0.25) is 14.4 Å². The number of nitrogens with zero attached hydrogens (tertiary/aromatic N) is 2. The molecule has 2 atom stereocenters. The summed E-state index contributed by atoms with van der Waals surface area (Å²) in [7, 11) is 0. The van der Waals surface area contributed by atoms with Crippen molar-refractivity contribution < 1.29 is 37.1 Å². The monoisotopic (exact) mass is 551 g/mol. The maximum atomic E-state index is 12.0. The first-order valence-corrected chi connectivity index (χ1v) is 12.5. The van der Waals surface area contributed by atoms with Gasteiger partial charge in [-0.05, 0) is 37.8 Å². The molecule has 0 aliphatic rings. The van der Waals surface area contributed by atoms with Crippen LogP contribution in [0, 0.1) is 0 Å². The molecule has 0 aromatic heterocycles. The number of esters is 1. The van der Waals surface area contributed by atoms with Gasteiger partial charge in [0.2, 0.25) is 0 Å². The normalized spacial score (nSPS) is 12.3. The van der Waals surface area contributed by atoms with Gasteiger partial charge in [-0.15, -0.1) is 0 Å². The highest BCUT2D eigenvalue weighted by Gasteiger charge is 2.33. The maximum absolute atomic E-state index is 12.0. The van der Waals surface area contributed by atoms with Crippen molar-refractivity contribution in [3.8, 4) is 0 Å². The fraction of sp³-hybridized carbons (Fsp3) is 0.429. The summed E-state index contributed by atoms with van der Waals surface area (Å²) in [5.74, 6) is -4.08. The van der Waals surface area contributed by atoms with Crippen LogP contribution >= 0.6 is 0 Å². The van der Waals surface area contributed by atoms with E-state index in [-0.39, 0.29) is 18.6 Å². The molecule has 2 aromatic rings. The van der Waals surface area contributed by atoms with Gasteiger partial charge in [-0.2, -0.15) is 13.2 Å². The summed E-state index contributed by atoms with van der Waals surface area (Å²) < 4.78 is 40.2. The summed E-state index contributed by atoms with van der Waals surface area (Å²) >= 11 is 0. The number of ether oxygens (including phenoxy) is 1. The van der Waals surface area contributed by atoms with Gasteiger partial charge >= 0.3 is 29.9 Å². The highest BCUT2D eigenvalue weighted by atomic mass is 19.4. The van der Waals surface area contributed by atoms with E-state index in [0.717, 1.165) is 17.5 Å². The number of benzene rings is 2. The third-order valence-electron chi connectivity index (χ3n) is 5.91. The van der Waals surface area contributed by atoms with E-state index in [4.69, 9.17) is 5.73 Å². The molecule has 2 rings (SSSR count). The molecule has 214 valence electrons. The zero-order valence-corrected chi connectivity index (χ0v) is 22.6. The second-order valence-electron chi connectivity index (χ2n) is 8.91. The summed E-state index contributed by atoms with van der Waals surface area (Å²) in [6.07, 6.45) is -3.31. The molecule has 0 aliphatic carbocycles. The van der Waals surface area contributed by atoms with Crippen molar-refractivity contribution in [1.82, 2.24) is 9.80 Å². The molecule has 0 heterocycles. The van der Waals surface area contributed by atoms with Crippen molar-refractivity contribution in [2.45, 2.75) is 71.9 Å². The molecule has 39 heavy (non-hydrogen) atoms. The van der Waals surface area contributed by atoms with Gasteiger partial charge in [0.15, 0.2) is 6.61 Å². The first kappa shape index (κ1) is 33.1. The van der Waals surface area contributed by atoms with Crippen LogP contribution < -0.4 is 5.73 Å². The van der Waals surface area contributed by atoms with Crippen molar-refractivity contribution in [3.05, 3.63) is 71.8 Å². The molecule has 2 N–H and O–H groups in total. The van der Waals surface area contributed by atoms with Crippen LogP contribution in [0.1, 0.15) is 51.7 Å².